The summed E-state index contributed by atoms with van der Waals surface area (Å²) in [6.45, 7) is 5.76. The maximum Gasteiger partial charge on any atom is 0.338 e. The van der Waals surface area contributed by atoms with E-state index in [0.717, 1.165) is 46.3 Å². The molecule has 1 heterocycles. The summed E-state index contributed by atoms with van der Waals surface area (Å²) < 4.78 is 17.0. The number of carbonyl (C=O) groups excluding carboxylic acids is 1. The minimum atomic E-state index is -0.620. The number of H-pyrrole nitrogens is 1. The van der Waals surface area contributed by atoms with Crippen molar-refractivity contribution in [2.24, 2.45) is 5.92 Å². The summed E-state index contributed by atoms with van der Waals surface area (Å²) >= 11 is 0. The molecule has 0 amide bonds. The van der Waals surface area contributed by atoms with E-state index < -0.39 is 6.10 Å². The zero-order chi connectivity index (χ0) is 28.6. The molecule has 4 aromatic carbocycles. The van der Waals surface area contributed by atoms with Crippen molar-refractivity contribution in [3.63, 3.8) is 0 Å². The van der Waals surface area contributed by atoms with Crippen LogP contribution in [0.15, 0.2) is 91.0 Å². The summed E-state index contributed by atoms with van der Waals surface area (Å²) in [6, 6.07) is 29.0. The third-order valence-corrected chi connectivity index (χ3v) is 6.90. The number of nitrogens with one attached hydrogen (secondary N) is 2. The molecule has 0 spiro atoms. The van der Waals surface area contributed by atoms with Crippen molar-refractivity contribution in [2.45, 2.75) is 26.4 Å². The van der Waals surface area contributed by atoms with Crippen LogP contribution in [-0.4, -0.2) is 48.5 Å². The van der Waals surface area contributed by atoms with Gasteiger partial charge >= 0.3 is 5.97 Å². The molecule has 5 rings (SSSR count). The van der Waals surface area contributed by atoms with Crippen LogP contribution in [0.25, 0.3) is 21.8 Å². The summed E-state index contributed by atoms with van der Waals surface area (Å²) in [5.74, 6) is 2.20. The SMILES string of the molecule is CCOC(=O)c1ccc(Oc2ccc(CC(C)CNCC(O)COc3cccc4[nH]c5ccccc5c34)cc2)cc1. The number of rotatable bonds is 13. The van der Waals surface area contributed by atoms with Gasteiger partial charge in [-0.15, -0.1) is 0 Å². The van der Waals surface area contributed by atoms with Gasteiger partial charge in [-0.05, 0) is 86.0 Å². The van der Waals surface area contributed by atoms with Gasteiger partial charge in [0.25, 0.3) is 0 Å². The highest BCUT2D eigenvalue weighted by atomic mass is 16.5. The minimum Gasteiger partial charge on any atom is -0.490 e. The highest BCUT2D eigenvalue weighted by molar-refractivity contribution is 6.10. The third kappa shape index (κ3) is 7.25. The quantitative estimate of drug-likeness (QED) is 0.145. The average molecular weight is 553 g/mol. The second-order valence-corrected chi connectivity index (χ2v) is 10.3. The predicted octanol–water partition coefficient (Wildman–Crippen LogP) is 6.50. The van der Waals surface area contributed by atoms with Gasteiger partial charge in [0.1, 0.15) is 30.0 Å². The van der Waals surface area contributed by atoms with E-state index in [2.05, 4.69) is 41.5 Å². The molecule has 2 unspecified atom stereocenters. The van der Waals surface area contributed by atoms with Crippen molar-refractivity contribution in [1.82, 2.24) is 10.3 Å². The van der Waals surface area contributed by atoms with Gasteiger partial charge < -0.3 is 29.6 Å². The maximum atomic E-state index is 11.8. The lowest BCUT2D eigenvalue weighted by atomic mass is 10.0. The fourth-order valence-electron chi connectivity index (χ4n) is 4.91. The first kappa shape index (κ1) is 28.2. The monoisotopic (exact) mass is 552 g/mol. The molecule has 0 aliphatic carbocycles. The number of esters is 1. The van der Waals surface area contributed by atoms with E-state index in [1.54, 1.807) is 31.2 Å². The summed E-state index contributed by atoms with van der Waals surface area (Å²) in [7, 11) is 0. The molecule has 0 aliphatic heterocycles. The Kier molecular flexibility index (Phi) is 9.19. The zero-order valence-corrected chi connectivity index (χ0v) is 23.4. The van der Waals surface area contributed by atoms with Crippen LogP contribution in [0.1, 0.15) is 29.8 Å². The molecule has 212 valence electrons. The third-order valence-electron chi connectivity index (χ3n) is 6.90. The highest BCUT2D eigenvalue weighted by Crippen LogP contribution is 2.33. The lowest BCUT2D eigenvalue weighted by Crippen LogP contribution is -2.34. The Morgan fingerprint density at radius 2 is 1.59 bits per heavy atom. The van der Waals surface area contributed by atoms with Gasteiger partial charge in [-0.25, -0.2) is 4.79 Å². The van der Waals surface area contributed by atoms with Crippen LogP contribution in [0.2, 0.25) is 0 Å². The molecule has 5 aromatic rings. The van der Waals surface area contributed by atoms with Crippen LogP contribution in [0.4, 0.5) is 0 Å². The summed E-state index contributed by atoms with van der Waals surface area (Å²) in [4.78, 5) is 15.2. The van der Waals surface area contributed by atoms with Gasteiger partial charge in [-0.3, -0.25) is 0 Å². The first-order valence-corrected chi connectivity index (χ1v) is 14.0. The van der Waals surface area contributed by atoms with E-state index >= 15 is 0 Å². The molecule has 0 saturated carbocycles. The molecular weight excluding hydrogens is 516 g/mol. The Morgan fingerprint density at radius 3 is 2.34 bits per heavy atom. The summed E-state index contributed by atoms with van der Waals surface area (Å²) in [5, 5.41) is 16.1. The molecular formula is C34H36N2O5. The van der Waals surface area contributed by atoms with E-state index in [0.29, 0.717) is 30.4 Å². The molecule has 2 atom stereocenters. The molecule has 7 heteroatoms. The average Bonchev–Trinajstić information content (AvgIpc) is 3.37. The number of ether oxygens (including phenoxy) is 3. The first-order valence-electron chi connectivity index (χ1n) is 14.0. The number of hydrogen-bond acceptors (Lipinski definition) is 6. The standard InChI is InChI=1S/C34H36N2O5/c1-3-39-34(38)25-13-17-28(18-14-25)41-27-15-11-24(12-16-27)19-23(2)20-35-21-26(37)22-40-32-10-6-9-31-33(32)29-7-4-5-8-30(29)36-31/h4-18,23,26,35-37H,3,19-22H2,1-2H3. The Hall–Kier alpha value is -4.33. The molecule has 0 aliphatic rings. The fourth-order valence-corrected chi connectivity index (χ4v) is 4.91. The number of carbonyl (C=O) groups is 1. The van der Waals surface area contributed by atoms with Crippen molar-refractivity contribution < 1.29 is 24.1 Å². The van der Waals surface area contributed by atoms with E-state index in [9.17, 15) is 9.90 Å². The largest absolute Gasteiger partial charge is 0.490 e. The van der Waals surface area contributed by atoms with Crippen LogP contribution in [0, 0.1) is 5.92 Å². The van der Waals surface area contributed by atoms with E-state index in [-0.39, 0.29) is 12.6 Å². The molecule has 7 nitrogen and oxygen atoms in total. The Bertz CT molecular complexity index is 1580. The number of para-hydroxylation sites is 1. The number of aromatic amines is 1. The van der Waals surface area contributed by atoms with Gasteiger partial charge in [0.2, 0.25) is 0 Å². The fraction of sp³-hybridized carbons (Fsp3) is 0.265. The van der Waals surface area contributed by atoms with E-state index in [4.69, 9.17) is 14.2 Å². The number of benzene rings is 4. The van der Waals surface area contributed by atoms with Crippen LogP contribution in [0.3, 0.4) is 0 Å². The number of fused-ring (bicyclic) bond motifs is 3. The topological polar surface area (TPSA) is 92.8 Å². The molecule has 0 saturated heterocycles. The van der Waals surface area contributed by atoms with Gasteiger partial charge in [0, 0.05) is 22.8 Å². The molecule has 0 bridgehead atoms. The van der Waals surface area contributed by atoms with Crippen LogP contribution < -0.4 is 14.8 Å². The normalized spacial score (nSPS) is 12.8. The van der Waals surface area contributed by atoms with Crippen LogP contribution in [-0.2, 0) is 11.2 Å². The van der Waals surface area contributed by atoms with Gasteiger partial charge in [0.15, 0.2) is 0 Å². The van der Waals surface area contributed by atoms with Gasteiger partial charge in [0.05, 0.1) is 17.7 Å². The first-order chi connectivity index (χ1) is 20.0. The zero-order valence-electron chi connectivity index (χ0n) is 23.4. The summed E-state index contributed by atoms with van der Waals surface area (Å²) in [5.41, 5.74) is 3.80. The van der Waals surface area contributed by atoms with Crippen molar-refractivity contribution in [3.05, 3.63) is 102 Å². The lowest BCUT2D eigenvalue weighted by molar-refractivity contribution is 0.0526. The predicted molar refractivity (Wildman–Crippen MR) is 162 cm³/mol. The summed E-state index contributed by atoms with van der Waals surface area (Å²) in [6.07, 6.45) is 0.280. The molecule has 1 aromatic heterocycles. The van der Waals surface area contributed by atoms with E-state index in [1.165, 1.54) is 5.56 Å². The molecule has 41 heavy (non-hydrogen) atoms. The number of hydrogen-bond donors (Lipinski definition) is 3. The molecule has 3 N–H and O–H groups in total. The smallest absolute Gasteiger partial charge is 0.338 e. The maximum absolute atomic E-state index is 11.8. The Balaban J connectivity index is 1.05. The number of aromatic nitrogens is 1. The Labute approximate surface area is 240 Å². The minimum absolute atomic E-state index is 0.215. The van der Waals surface area contributed by atoms with E-state index in [1.807, 2.05) is 42.5 Å². The van der Waals surface area contributed by atoms with Gasteiger partial charge in [-0.1, -0.05) is 43.3 Å². The Morgan fingerprint density at radius 1 is 0.878 bits per heavy atom. The lowest BCUT2D eigenvalue weighted by Gasteiger charge is -2.17. The second-order valence-electron chi connectivity index (χ2n) is 10.3. The number of aliphatic hydroxyl groups excluding tert-OH is 1. The van der Waals surface area contributed by atoms with Gasteiger partial charge in [-0.2, -0.15) is 0 Å². The molecule has 0 fully saturated rings. The van der Waals surface area contributed by atoms with Crippen LogP contribution >= 0.6 is 0 Å². The van der Waals surface area contributed by atoms with Crippen LogP contribution in [0.5, 0.6) is 17.2 Å². The molecule has 0 radical (unpaired) electrons. The van der Waals surface area contributed by atoms with Crippen molar-refractivity contribution >= 4 is 27.8 Å². The second kappa shape index (κ2) is 13.4. The van der Waals surface area contributed by atoms with Crippen molar-refractivity contribution in [2.75, 3.05) is 26.3 Å². The van der Waals surface area contributed by atoms with Crippen molar-refractivity contribution in [3.8, 4) is 17.2 Å². The number of aliphatic hydroxyl groups is 1. The highest BCUT2D eigenvalue weighted by Gasteiger charge is 2.12. The van der Waals surface area contributed by atoms with Crippen molar-refractivity contribution in [1.29, 1.82) is 0 Å².